The van der Waals surface area contributed by atoms with Crippen molar-refractivity contribution in [1.29, 1.82) is 0 Å². The van der Waals surface area contributed by atoms with Gasteiger partial charge >= 0.3 is 0 Å². The van der Waals surface area contributed by atoms with Gasteiger partial charge in [0.1, 0.15) is 11.6 Å². The Bertz CT molecular complexity index is 460. The first-order chi connectivity index (χ1) is 7.66. The molecule has 1 atom stereocenters. The molecule has 2 rings (SSSR count). The van der Waals surface area contributed by atoms with Crippen molar-refractivity contribution < 1.29 is 0 Å². The van der Waals surface area contributed by atoms with Crippen LogP contribution in [0.3, 0.4) is 0 Å². The first-order valence-electron chi connectivity index (χ1n) is 5.24. The lowest BCUT2D eigenvalue weighted by Gasteiger charge is -2.13. The van der Waals surface area contributed by atoms with Crippen molar-refractivity contribution in [3.05, 3.63) is 53.6 Å². The van der Waals surface area contributed by atoms with Crippen molar-refractivity contribution in [3.63, 3.8) is 0 Å². The third-order valence-electron chi connectivity index (χ3n) is 2.69. The summed E-state index contributed by atoms with van der Waals surface area (Å²) in [6.45, 7) is 2.13. The second-order valence-corrected chi connectivity index (χ2v) is 3.88. The molecule has 0 spiro atoms. The van der Waals surface area contributed by atoms with Gasteiger partial charge in [0.05, 0.1) is 0 Å². The lowest BCUT2D eigenvalue weighted by atomic mass is 9.94. The molecule has 0 saturated heterocycles. The predicted octanol–water partition coefficient (Wildman–Crippen LogP) is 2.40. The van der Waals surface area contributed by atoms with E-state index in [9.17, 15) is 0 Å². The molecule has 0 amide bonds. The minimum Gasteiger partial charge on any atom is -0.384 e. The second-order valence-electron chi connectivity index (χ2n) is 3.88. The van der Waals surface area contributed by atoms with E-state index in [0.29, 0.717) is 11.6 Å². The highest BCUT2D eigenvalue weighted by atomic mass is 14.9. The standard InChI is InChI=1S/C13H15N3/c1-9(10-5-3-2-4-6-10)11-7-12(14)16-13(15)8-11/h2-9H,1H3,(H4,14,15,16). The summed E-state index contributed by atoms with van der Waals surface area (Å²) < 4.78 is 0. The van der Waals surface area contributed by atoms with Gasteiger partial charge in [0.25, 0.3) is 0 Å². The van der Waals surface area contributed by atoms with Crippen molar-refractivity contribution in [1.82, 2.24) is 4.98 Å². The van der Waals surface area contributed by atoms with Gasteiger partial charge in [-0.3, -0.25) is 0 Å². The van der Waals surface area contributed by atoms with Gasteiger partial charge in [0.2, 0.25) is 0 Å². The molecule has 0 aliphatic heterocycles. The molecule has 3 nitrogen and oxygen atoms in total. The summed E-state index contributed by atoms with van der Waals surface area (Å²) in [6.07, 6.45) is 0. The molecular formula is C13H15N3. The maximum absolute atomic E-state index is 5.68. The van der Waals surface area contributed by atoms with Crippen molar-refractivity contribution >= 4 is 11.6 Å². The molecule has 0 bridgehead atoms. The summed E-state index contributed by atoms with van der Waals surface area (Å²) in [7, 11) is 0. The fourth-order valence-corrected chi connectivity index (χ4v) is 1.78. The average molecular weight is 213 g/mol. The van der Waals surface area contributed by atoms with Gasteiger partial charge in [-0.15, -0.1) is 0 Å². The predicted molar refractivity (Wildman–Crippen MR) is 67.0 cm³/mol. The Labute approximate surface area is 95.1 Å². The summed E-state index contributed by atoms with van der Waals surface area (Å²) in [6, 6.07) is 14.0. The van der Waals surface area contributed by atoms with E-state index in [1.807, 2.05) is 30.3 Å². The van der Waals surface area contributed by atoms with E-state index in [2.05, 4.69) is 24.0 Å². The Balaban J connectivity index is 2.37. The number of aromatic nitrogens is 1. The normalized spacial score (nSPS) is 12.3. The van der Waals surface area contributed by atoms with Gasteiger partial charge < -0.3 is 11.5 Å². The molecule has 16 heavy (non-hydrogen) atoms. The van der Waals surface area contributed by atoms with Crippen LogP contribution in [0.5, 0.6) is 0 Å². The molecule has 1 heterocycles. The number of hydrogen-bond acceptors (Lipinski definition) is 3. The van der Waals surface area contributed by atoms with Crippen LogP contribution in [0.4, 0.5) is 11.6 Å². The van der Waals surface area contributed by atoms with Gasteiger partial charge in [0.15, 0.2) is 0 Å². The van der Waals surface area contributed by atoms with E-state index in [0.717, 1.165) is 5.56 Å². The van der Waals surface area contributed by atoms with E-state index in [4.69, 9.17) is 11.5 Å². The van der Waals surface area contributed by atoms with E-state index >= 15 is 0 Å². The van der Waals surface area contributed by atoms with Crippen LogP contribution in [0, 0.1) is 0 Å². The van der Waals surface area contributed by atoms with Gasteiger partial charge in [-0.25, -0.2) is 4.98 Å². The maximum atomic E-state index is 5.68. The smallest absolute Gasteiger partial charge is 0.126 e. The van der Waals surface area contributed by atoms with Crippen LogP contribution in [0.15, 0.2) is 42.5 Å². The fourth-order valence-electron chi connectivity index (χ4n) is 1.78. The molecule has 0 aliphatic carbocycles. The Morgan fingerprint density at radius 1 is 0.938 bits per heavy atom. The number of benzene rings is 1. The van der Waals surface area contributed by atoms with Gasteiger partial charge in [-0.1, -0.05) is 37.3 Å². The molecule has 0 aliphatic rings. The zero-order chi connectivity index (χ0) is 11.5. The third-order valence-corrected chi connectivity index (χ3v) is 2.69. The molecular weight excluding hydrogens is 198 g/mol. The van der Waals surface area contributed by atoms with E-state index in [1.165, 1.54) is 5.56 Å². The zero-order valence-electron chi connectivity index (χ0n) is 9.22. The van der Waals surface area contributed by atoms with E-state index in [-0.39, 0.29) is 5.92 Å². The highest BCUT2D eigenvalue weighted by Gasteiger charge is 2.09. The molecule has 1 unspecified atom stereocenters. The Morgan fingerprint density at radius 2 is 1.50 bits per heavy atom. The number of rotatable bonds is 2. The summed E-state index contributed by atoms with van der Waals surface area (Å²) >= 11 is 0. The average Bonchev–Trinajstić information content (AvgIpc) is 2.28. The van der Waals surface area contributed by atoms with Crippen LogP contribution in [0.2, 0.25) is 0 Å². The van der Waals surface area contributed by atoms with Crippen molar-refractivity contribution in [2.45, 2.75) is 12.8 Å². The molecule has 0 saturated carbocycles. The molecule has 82 valence electrons. The number of anilines is 2. The quantitative estimate of drug-likeness (QED) is 0.805. The number of pyridine rings is 1. The minimum atomic E-state index is 0.272. The van der Waals surface area contributed by atoms with E-state index < -0.39 is 0 Å². The topological polar surface area (TPSA) is 64.9 Å². The van der Waals surface area contributed by atoms with Gasteiger partial charge in [0, 0.05) is 5.92 Å². The van der Waals surface area contributed by atoms with Crippen LogP contribution in [-0.4, -0.2) is 4.98 Å². The monoisotopic (exact) mass is 213 g/mol. The SMILES string of the molecule is CC(c1ccccc1)c1cc(N)nc(N)c1. The molecule has 0 fully saturated rings. The maximum Gasteiger partial charge on any atom is 0.126 e. The van der Waals surface area contributed by atoms with Crippen LogP contribution < -0.4 is 11.5 Å². The lowest BCUT2D eigenvalue weighted by molar-refractivity contribution is 0.920. The summed E-state index contributed by atoms with van der Waals surface area (Å²) in [5, 5.41) is 0. The number of nitrogens with zero attached hydrogens (tertiary/aromatic N) is 1. The van der Waals surface area contributed by atoms with Crippen molar-refractivity contribution in [2.75, 3.05) is 11.5 Å². The molecule has 2 aromatic rings. The first-order valence-corrected chi connectivity index (χ1v) is 5.24. The van der Waals surface area contributed by atoms with E-state index in [1.54, 1.807) is 0 Å². The second kappa shape index (κ2) is 4.23. The van der Waals surface area contributed by atoms with Crippen LogP contribution in [0.1, 0.15) is 24.0 Å². The number of hydrogen-bond donors (Lipinski definition) is 2. The fraction of sp³-hybridized carbons (Fsp3) is 0.154. The molecule has 0 radical (unpaired) electrons. The Hall–Kier alpha value is -2.03. The Kier molecular flexibility index (Phi) is 2.77. The summed E-state index contributed by atoms with van der Waals surface area (Å²) in [4.78, 5) is 3.97. The highest BCUT2D eigenvalue weighted by molar-refractivity contribution is 5.46. The number of nitrogen functional groups attached to an aromatic ring is 2. The zero-order valence-corrected chi connectivity index (χ0v) is 9.22. The highest BCUT2D eigenvalue weighted by Crippen LogP contribution is 2.25. The third kappa shape index (κ3) is 2.14. The van der Waals surface area contributed by atoms with Crippen LogP contribution in [-0.2, 0) is 0 Å². The molecule has 1 aromatic heterocycles. The number of nitrogens with two attached hydrogens (primary N) is 2. The van der Waals surface area contributed by atoms with Gasteiger partial charge in [-0.05, 0) is 23.3 Å². The minimum absolute atomic E-state index is 0.272. The largest absolute Gasteiger partial charge is 0.384 e. The van der Waals surface area contributed by atoms with Crippen molar-refractivity contribution in [3.8, 4) is 0 Å². The lowest BCUT2D eigenvalue weighted by Crippen LogP contribution is -2.02. The van der Waals surface area contributed by atoms with Crippen LogP contribution >= 0.6 is 0 Å². The molecule has 4 N–H and O–H groups in total. The summed E-state index contributed by atoms with van der Waals surface area (Å²) in [5.41, 5.74) is 13.7. The van der Waals surface area contributed by atoms with Crippen molar-refractivity contribution in [2.24, 2.45) is 0 Å². The summed E-state index contributed by atoms with van der Waals surface area (Å²) in [5.74, 6) is 1.21. The first kappa shape index (κ1) is 10.5. The molecule has 3 heteroatoms. The van der Waals surface area contributed by atoms with Crippen LogP contribution in [0.25, 0.3) is 0 Å². The Morgan fingerprint density at radius 3 is 2.06 bits per heavy atom. The molecule has 1 aromatic carbocycles. The van der Waals surface area contributed by atoms with Gasteiger partial charge in [-0.2, -0.15) is 0 Å².